The number of hydrogen-bond acceptors (Lipinski definition) is 5. The highest BCUT2D eigenvalue weighted by Crippen LogP contribution is 2.17. The Morgan fingerprint density at radius 1 is 0.933 bits per heavy atom. The van der Waals surface area contributed by atoms with E-state index in [1.807, 2.05) is 60.7 Å². The zero-order valence-electron chi connectivity index (χ0n) is 17.1. The summed E-state index contributed by atoms with van der Waals surface area (Å²) in [6.45, 7) is 2.77. The number of para-hydroxylation sites is 1. The molecule has 0 spiro atoms. The van der Waals surface area contributed by atoms with Gasteiger partial charge in [0.25, 0.3) is 0 Å². The van der Waals surface area contributed by atoms with Gasteiger partial charge in [-0.3, -0.25) is 4.79 Å². The zero-order chi connectivity index (χ0) is 21.2. The fourth-order valence-corrected chi connectivity index (χ4v) is 5.67. The van der Waals surface area contributed by atoms with Gasteiger partial charge < -0.3 is 10.2 Å². The number of piperazine rings is 1. The van der Waals surface area contributed by atoms with Crippen molar-refractivity contribution in [1.29, 1.82) is 0 Å². The van der Waals surface area contributed by atoms with Crippen molar-refractivity contribution in [1.82, 2.24) is 9.62 Å². The highest BCUT2D eigenvalue weighted by Gasteiger charge is 2.26. The molecule has 30 heavy (non-hydrogen) atoms. The number of carbonyl (C=O) groups is 1. The van der Waals surface area contributed by atoms with Gasteiger partial charge in [0.1, 0.15) is 0 Å². The number of benzene rings is 2. The van der Waals surface area contributed by atoms with Crippen LogP contribution in [0, 0.1) is 0 Å². The Labute approximate surface area is 183 Å². The van der Waals surface area contributed by atoms with Gasteiger partial charge in [-0.25, -0.2) is 8.42 Å². The third-order valence-electron chi connectivity index (χ3n) is 5.00. The maximum absolute atomic E-state index is 12.6. The van der Waals surface area contributed by atoms with Gasteiger partial charge in [-0.15, -0.1) is 11.8 Å². The second-order valence-electron chi connectivity index (χ2n) is 7.22. The topological polar surface area (TPSA) is 69.7 Å². The first kappa shape index (κ1) is 22.7. The van der Waals surface area contributed by atoms with E-state index < -0.39 is 10.0 Å². The third kappa shape index (κ3) is 7.04. The molecule has 1 N–H and O–H groups in total. The molecule has 1 amide bonds. The van der Waals surface area contributed by atoms with Gasteiger partial charge in [-0.05, 0) is 24.1 Å². The van der Waals surface area contributed by atoms with Gasteiger partial charge in [0.05, 0.1) is 11.5 Å². The Bertz CT molecular complexity index is 884. The molecule has 1 saturated heterocycles. The Kier molecular flexibility index (Phi) is 8.60. The van der Waals surface area contributed by atoms with E-state index in [-0.39, 0.29) is 11.7 Å². The summed E-state index contributed by atoms with van der Waals surface area (Å²) in [5.41, 5.74) is 2.32. The molecule has 1 fully saturated rings. The Morgan fingerprint density at radius 3 is 2.23 bits per heavy atom. The van der Waals surface area contributed by atoms with Crippen LogP contribution in [0.4, 0.5) is 5.69 Å². The predicted octanol–water partition coefficient (Wildman–Crippen LogP) is 2.58. The van der Waals surface area contributed by atoms with Crippen molar-refractivity contribution in [2.75, 3.05) is 49.1 Å². The average Bonchev–Trinajstić information content (AvgIpc) is 2.78. The number of sulfonamides is 1. The van der Waals surface area contributed by atoms with Crippen molar-refractivity contribution in [3.63, 3.8) is 0 Å². The molecule has 8 heteroatoms. The Hall–Kier alpha value is -2.03. The molecule has 6 nitrogen and oxygen atoms in total. The summed E-state index contributed by atoms with van der Waals surface area (Å²) in [6, 6.07) is 20.1. The van der Waals surface area contributed by atoms with Crippen LogP contribution in [0.25, 0.3) is 0 Å². The van der Waals surface area contributed by atoms with Crippen molar-refractivity contribution in [2.24, 2.45) is 0 Å². The van der Waals surface area contributed by atoms with Crippen molar-refractivity contribution >= 4 is 33.4 Å². The number of carbonyl (C=O) groups excluding carboxylic acids is 1. The molecule has 162 valence electrons. The van der Waals surface area contributed by atoms with E-state index in [1.165, 1.54) is 5.56 Å². The smallest absolute Gasteiger partial charge is 0.230 e. The predicted molar refractivity (Wildman–Crippen MR) is 124 cm³/mol. The molecule has 0 aromatic heterocycles. The molecule has 0 saturated carbocycles. The molecule has 1 heterocycles. The monoisotopic (exact) mass is 447 g/mol. The Morgan fingerprint density at radius 2 is 1.57 bits per heavy atom. The van der Waals surface area contributed by atoms with Gasteiger partial charge in [0, 0.05) is 44.2 Å². The molecule has 0 bridgehead atoms. The summed E-state index contributed by atoms with van der Waals surface area (Å²) in [7, 11) is -3.29. The van der Waals surface area contributed by atoms with E-state index in [4.69, 9.17) is 0 Å². The first-order chi connectivity index (χ1) is 14.5. The van der Waals surface area contributed by atoms with Gasteiger partial charge in [0.2, 0.25) is 15.9 Å². The van der Waals surface area contributed by atoms with E-state index >= 15 is 0 Å². The van der Waals surface area contributed by atoms with E-state index in [0.717, 1.165) is 11.4 Å². The lowest BCUT2D eigenvalue weighted by Crippen LogP contribution is -2.49. The summed E-state index contributed by atoms with van der Waals surface area (Å²) in [5.74, 6) is 1.18. The molecule has 0 unspecified atom stereocenters. The van der Waals surface area contributed by atoms with Crippen molar-refractivity contribution in [3.8, 4) is 0 Å². The standard InChI is InChI=1S/C22H29N3O3S2/c26-22(19-29-18-20-8-3-1-4-9-20)23-12-7-17-30(27,28)25-15-13-24(14-16-25)21-10-5-2-6-11-21/h1-6,8-11H,7,12-19H2,(H,23,26). The van der Waals surface area contributed by atoms with Gasteiger partial charge in [0.15, 0.2) is 0 Å². The molecule has 2 aromatic carbocycles. The van der Waals surface area contributed by atoms with Gasteiger partial charge in [-0.1, -0.05) is 48.5 Å². The van der Waals surface area contributed by atoms with Crippen LogP contribution in [0.3, 0.4) is 0 Å². The number of nitrogens with one attached hydrogen (secondary N) is 1. The van der Waals surface area contributed by atoms with Crippen LogP contribution in [0.1, 0.15) is 12.0 Å². The van der Waals surface area contributed by atoms with Crippen LogP contribution >= 0.6 is 11.8 Å². The van der Waals surface area contributed by atoms with E-state index in [1.54, 1.807) is 16.1 Å². The molecule has 2 aromatic rings. The van der Waals surface area contributed by atoms with Crippen LogP contribution in [-0.4, -0.2) is 62.9 Å². The summed E-state index contributed by atoms with van der Waals surface area (Å²) in [4.78, 5) is 14.1. The SMILES string of the molecule is O=C(CSCc1ccccc1)NCCCS(=O)(=O)N1CCN(c2ccccc2)CC1. The molecule has 3 rings (SSSR count). The minimum atomic E-state index is -3.29. The minimum absolute atomic E-state index is 0.0511. The van der Waals surface area contributed by atoms with Crippen LogP contribution in [0.5, 0.6) is 0 Å². The summed E-state index contributed by atoms with van der Waals surface area (Å²) in [5, 5.41) is 2.82. The van der Waals surface area contributed by atoms with E-state index in [9.17, 15) is 13.2 Å². The fourth-order valence-electron chi connectivity index (χ4n) is 3.36. The minimum Gasteiger partial charge on any atom is -0.369 e. The zero-order valence-corrected chi connectivity index (χ0v) is 18.7. The van der Waals surface area contributed by atoms with Crippen LogP contribution in [0.15, 0.2) is 60.7 Å². The lowest BCUT2D eigenvalue weighted by atomic mass is 10.2. The molecule has 0 atom stereocenters. The highest BCUT2D eigenvalue weighted by molar-refractivity contribution is 7.99. The van der Waals surface area contributed by atoms with E-state index in [2.05, 4.69) is 10.2 Å². The van der Waals surface area contributed by atoms with Crippen LogP contribution in [-0.2, 0) is 20.6 Å². The summed E-state index contributed by atoms with van der Waals surface area (Å²) >= 11 is 1.56. The number of anilines is 1. The third-order valence-corrected chi connectivity index (χ3v) is 7.96. The van der Waals surface area contributed by atoms with E-state index in [0.29, 0.717) is 44.9 Å². The molecule has 0 aliphatic carbocycles. The lowest BCUT2D eigenvalue weighted by molar-refractivity contribution is -0.118. The second kappa shape index (κ2) is 11.4. The lowest BCUT2D eigenvalue weighted by Gasteiger charge is -2.35. The first-order valence-corrected chi connectivity index (χ1v) is 13.0. The van der Waals surface area contributed by atoms with Gasteiger partial charge in [-0.2, -0.15) is 4.31 Å². The number of amides is 1. The number of thioether (sulfide) groups is 1. The fraction of sp³-hybridized carbons (Fsp3) is 0.409. The number of nitrogens with zero attached hydrogens (tertiary/aromatic N) is 2. The molecule has 1 aliphatic rings. The second-order valence-corrected chi connectivity index (χ2v) is 10.3. The quantitative estimate of drug-likeness (QED) is 0.567. The summed E-state index contributed by atoms with van der Waals surface area (Å²) < 4.78 is 26.8. The average molecular weight is 448 g/mol. The Balaban J connectivity index is 1.31. The highest BCUT2D eigenvalue weighted by atomic mass is 32.2. The molecule has 0 radical (unpaired) electrons. The van der Waals surface area contributed by atoms with Gasteiger partial charge >= 0.3 is 0 Å². The molecular formula is C22H29N3O3S2. The van der Waals surface area contributed by atoms with Crippen molar-refractivity contribution in [2.45, 2.75) is 12.2 Å². The number of rotatable bonds is 10. The normalized spacial score (nSPS) is 15.1. The maximum atomic E-state index is 12.6. The summed E-state index contributed by atoms with van der Waals surface area (Å²) in [6.07, 6.45) is 0.427. The molecular weight excluding hydrogens is 418 g/mol. The van der Waals surface area contributed by atoms with Crippen molar-refractivity contribution < 1.29 is 13.2 Å². The van der Waals surface area contributed by atoms with Crippen LogP contribution in [0.2, 0.25) is 0 Å². The first-order valence-electron chi connectivity index (χ1n) is 10.2. The maximum Gasteiger partial charge on any atom is 0.230 e. The van der Waals surface area contributed by atoms with Crippen LogP contribution < -0.4 is 10.2 Å². The van der Waals surface area contributed by atoms with Crippen molar-refractivity contribution in [3.05, 3.63) is 66.2 Å². The number of hydrogen-bond donors (Lipinski definition) is 1. The largest absolute Gasteiger partial charge is 0.369 e. The molecule has 1 aliphatic heterocycles.